The van der Waals surface area contributed by atoms with Crippen molar-refractivity contribution in [3.63, 3.8) is 0 Å². The third kappa shape index (κ3) is 8.82. The molecule has 0 saturated heterocycles. The summed E-state index contributed by atoms with van der Waals surface area (Å²) in [5.74, 6) is 0.310. The van der Waals surface area contributed by atoms with Gasteiger partial charge >= 0.3 is 11.9 Å². The fraction of sp³-hybridized carbons (Fsp3) is 0.273. The van der Waals surface area contributed by atoms with Crippen LogP contribution in [0.25, 0.3) is 22.6 Å². The molecule has 0 aliphatic heterocycles. The zero-order chi connectivity index (χ0) is 35.0. The van der Waals surface area contributed by atoms with Gasteiger partial charge < -0.3 is 35.8 Å². The van der Waals surface area contributed by atoms with E-state index in [1.807, 2.05) is 0 Å². The number of ether oxygens (including phenoxy) is 3. The lowest BCUT2D eigenvalue weighted by molar-refractivity contribution is -0.162. The Morgan fingerprint density at radius 2 is 1.56 bits per heavy atom. The number of benzene rings is 2. The molecule has 0 bridgehead atoms. The first kappa shape index (κ1) is 35.7. The number of oxazole rings is 1. The van der Waals surface area contributed by atoms with E-state index >= 15 is 0 Å². The first-order chi connectivity index (χ1) is 22.9. The summed E-state index contributed by atoms with van der Waals surface area (Å²) in [6.45, 7) is 4.26. The maximum absolute atomic E-state index is 12.1. The van der Waals surface area contributed by atoms with Crippen LogP contribution in [-0.2, 0) is 24.8 Å². The van der Waals surface area contributed by atoms with E-state index in [1.54, 1.807) is 55.5 Å². The number of nitrogens with zero attached hydrogens (tertiary/aromatic N) is 4. The summed E-state index contributed by atoms with van der Waals surface area (Å²) in [4.78, 5) is 32.9. The molecule has 248 valence electrons. The van der Waals surface area contributed by atoms with Crippen LogP contribution in [0.2, 0.25) is 5.02 Å². The molecule has 4 aromatic rings. The number of carbonyl (C=O) groups is 2. The van der Waals surface area contributed by atoms with E-state index < -0.39 is 30.1 Å². The Kier molecular flexibility index (Phi) is 12.0. The highest BCUT2D eigenvalue weighted by molar-refractivity contribution is 7.98. The first-order valence-electron chi connectivity index (χ1n) is 14.5. The standard InChI is InChI=1S/C33H32ClN7O6S/c1-17(37)32(42)45-15-24(47-33(43)18(2)38)14-44-23-10-6-20(7-11-23)28-25(12-35)29(39)41-31(26(28)13-36)48-16-27-19(3)46-30(40-27)21-4-8-22(34)9-5-21/h4-11,17-18,24H,14-16,37-38H2,1-3H3,(H2,39,41)/t17-,18-,24-/m0/s1. The Morgan fingerprint density at radius 3 is 2.17 bits per heavy atom. The molecular formula is C33H32ClN7O6S. The monoisotopic (exact) mass is 689 g/mol. The van der Waals surface area contributed by atoms with Gasteiger partial charge in [0.15, 0.2) is 6.10 Å². The predicted molar refractivity (Wildman–Crippen MR) is 178 cm³/mol. The number of esters is 2. The Bertz CT molecular complexity index is 1870. The van der Waals surface area contributed by atoms with Gasteiger partial charge in [0.2, 0.25) is 5.89 Å². The minimum atomic E-state index is -0.962. The summed E-state index contributed by atoms with van der Waals surface area (Å²) in [5.41, 5.74) is 19.8. The number of aromatic nitrogens is 2. The zero-order valence-electron chi connectivity index (χ0n) is 26.2. The summed E-state index contributed by atoms with van der Waals surface area (Å²) >= 11 is 7.23. The maximum atomic E-state index is 12.1. The van der Waals surface area contributed by atoms with Crippen LogP contribution in [0.5, 0.6) is 5.75 Å². The van der Waals surface area contributed by atoms with Crippen molar-refractivity contribution in [2.45, 2.75) is 49.7 Å². The van der Waals surface area contributed by atoms with Gasteiger partial charge in [0.25, 0.3) is 0 Å². The minimum absolute atomic E-state index is 0.0341. The molecule has 2 aromatic heterocycles. The van der Waals surface area contributed by atoms with E-state index in [1.165, 1.54) is 25.6 Å². The molecule has 0 aliphatic carbocycles. The number of nitrogens with two attached hydrogens (primary N) is 3. The molecule has 48 heavy (non-hydrogen) atoms. The predicted octanol–water partition coefficient (Wildman–Crippen LogP) is 4.51. The Balaban J connectivity index is 1.54. The van der Waals surface area contributed by atoms with Crippen LogP contribution in [0.15, 0.2) is 58.0 Å². The number of halogens is 1. The Labute approximate surface area is 285 Å². The van der Waals surface area contributed by atoms with Crippen LogP contribution in [0, 0.1) is 29.6 Å². The maximum Gasteiger partial charge on any atom is 0.323 e. The van der Waals surface area contributed by atoms with Gasteiger partial charge in [0.05, 0.1) is 11.3 Å². The zero-order valence-corrected chi connectivity index (χ0v) is 27.8. The third-order valence-corrected chi connectivity index (χ3v) is 8.00. The lowest BCUT2D eigenvalue weighted by Gasteiger charge is -2.20. The van der Waals surface area contributed by atoms with Crippen LogP contribution in [0.1, 0.15) is 36.4 Å². The molecule has 0 aliphatic rings. The summed E-state index contributed by atoms with van der Waals surface area (Å²) < 4.78 is 22.1. The highest BCUT2D eigenvalue weighted by Crippen LogP contribution is 2.37. The Hall–Kier alpha value is -5.12. The molecule has 0 saturated carbocycles. The molecule has 0 fully saturated rings. The quantitative estimate of drug-likeness (QED) is 0.130. The number of nitrogen functional groups attached to an aromatic ring is 1. The number of hydrogen-bond donors (Lipinski definition) is 3. The highest BCUT2D eigenvalue weighted by Gasteiger charge is 2.23. The topological polar surface area (TPSA) is 226 Å². The van der Waals surface area contributed by atoms with Crippen LogP contribution in [0.3, 0.4) is 0 Å². The average Bonchev–Trinajstić information content (AvgIpc) is 3.44. The van der Waals surface area contributed by atoms with Gasteiger partial charge in [-0.05, 0) is 62.7 Å². The normalized spacial score (nSPS) is 12.7. The molecule has 4 rings (SSSR count). The fourth-order valence-electron chi connectivity index (χ4n) is 4.21. The molecule has 13 nitrogen and oxygen atoms in total. The number of thioether (sulfide) groups is 1. The molecule has 15 heteroatoms. The van der Waals surface area contributed by atoms with Crippen molar-refractivity contribution in [1.82, 2.24) is 9.97 Å². The smallest absolute Gasteiger partial charge is 0.323 e. The molecule has 2 aromatic carbocycles. The average molecular weight is 690 g/mol. The summed E-state index contributed by atoms with van der Waals surface area (Å²) in [7, 11) is 0. The second-order valence-electron chi connectivity index (χ2n) is 10.6. The van der Waals surface area contributed by atoms with Gasteiger partial charge in [-0.15, -0.1) is 0 Å². The molecule has 0 amide bonds. The number of pyridine rings is 1. The van der Waals surface area contributed by atoms with Crippen molar-refractivity contribution < 1.29 is 28.2 Å². The summed E-state index contributed by atoms with van der Waals surface area (Å²) in [6, 6.07) is 16.1. The van der Waals surface area contributed by atoms with E-state index in [0.29, 0.717) is 50.0 Å². The van der Waals surface area contributed by atoms with Crippen molar-refractivity contribution in [3.8, 4) is 40.5 Å². The molecular weight excluding hydrogens is 658 g/mol. The number of carbonyl (C=O) groups excluding carboxylic acids is 2. The number of anilines is 1. The number of rotatable bonds is 13. The van der Waals surface area contributed by atoms with Crippen LogP contribution < -0.4 is 21.9 Å². The van der Waals surface area contributed by atoms with E-state index in [2.05, 4.69) is 22.1 Å². The van der Waals surface area contributed by atoms with E-state index in [4.69, 9.17) is 47.4 Å². The molecule has 6 N–H and O–H groups in total. The summed E-state index contributed by atoms with van der Waals surface area (Å²) in [6.07, 6.45) is -0.962. The lowest BCUT2D eigenvalue weighted by atomic mass is 9.97. The molecule has 2 heterocycles. The van der Waals surface area contributed by atoms with Crippen LogP contribution in [0.4, 0.5) is 5.82 Å². The molecule has 0 unspecified atom stereocenters. The molecule has 0 radical (unpaired) electrons. The van der Waals surface area contributed by atoms with Gasteiger partial charge in [0, 0.05) is 21.9 Å². The highest BCUT2D eigenvalue weighted by atomic mass is 35.5. The van der Waals surface area contributed by atoms with Gasteiger partial charge in [0.1, 0.15) is 65.4 Å². The fourth-order valence-corrected chi connectivity index (χ4v) is 5.33. The van der Waals surface area contributed by atoms with Crippen LogP contribution >= 0.6 is 23.4 Å². The number of aryl methyl sites for hydroxylation is 1. The number of nitriles is 2. The summed E-state index contributed by atoms with van der Waals surface area (Å²) in [5, 5.41) is 21.1. The SMILES string of the molecule is Cc1oc(-c2ccc(Cl)cc2)nc1CSc1nc(N)c(C#N)c(-c2ccc(OC[C@@H](COC(=O)[C@H](C)N)OC(=O)[C@H](C)N)cc2)c1C#N. The van der Waals surface area contributed by atoms with Crippen molar-refractivity contribution >= 4 is 41.1 Å². The largest absolute Gasteiger partial charge is 0.490 e. The van der Waals surface area contributed by atoms with Gasteiger partial charge in [-0.3, -0.25) is 9.59 Å². The first-order valence-corrected chi connectivity index (χ1v) is 15.9. The van der Waals surface area contributed by atoms with Gasteiger partial charge in [-0.25, -0.2) is 9.97 Å². The second-order valence-corrected chi connectivity index (χ2v) is 12.0. The van der Waals surface area contributed by atoms with Crippen molar-refractivity contribution in [3.05, 3.63) is 76.1 Å². The molecule has 3 atom stereocenters. The Morgan fingerprint density at radius 1 is 0.938 bits per heavy atom. The van der Waals surface area contributed by atoms with E-state index in [-0.39, 0.29) is 30.2 Å². The van der Waals surface area contributed by atoms with E-state index in [9.17, 15) is 20.1 Å². The molecule has 0 spiro atoms. The van der Waals surface area contributed by atoms with Crippen molar-refractivity contribution in [1.29, 1.82) is 10.5 Å². The minimum Gasteiger partial charge on any atom is -0.490 e. The van der Waals surface area contributed by atoms with Crippen molar-refractivity contribution in [2.75, 3.05) is 18.9 Å². The van der Waals surface area contributed by atoms with Crippen LogP contribution in [-0.4, -0.2) is 53.3 Å². The second kappa shape index (κ2) is 16.1. The third-order valence-electron chi connectivity index (χ3n) is 6.76. The van der Waals surface area contributed by atoms with Gasteiger partial charge in [-0.1, -0.05) is 35.5 Å². The lowest BCUT2D eigenvalue weighted by Crippen LogP contribution is -2.38. The van der Waals surface area contributed by atoms with Crippen molar-refractivity contribution in [2.24, 2.45) is 11.5 Å². The van der Waals surface area contributed by atoms with E-state index in [0.717, 1.165) is 5.56 Å². The number of hydrogen-bond acceptors (Lipinski definition) is 14. The van der Waals surface area contributed by atoms with Gasteiger partial charge in [-0.2, -0.15) is 10.5 Å².